The summed E-state index contributed by atoms with van der Waals surface area (Å²) in [4.78, 5) is 0. The molecule has 0 aromatic heterocycles. The second kappa shape index (κ2) is 5.05. The maximum absolute atomic E-state index is 2.42. The van der Waals surface area contributed by atoms with Crippen LogP contribution in [-0.4, -0.2) is 0 Å². The number of aryl methyl sites for hydroxylation is 2. The molecule has 0 spiro atoms. The molecule has 0 saturated carbocycles. The fraction of sp³-hybridized carbons (Fsp3) is 0.263. The van der Waals surface area contributed by atoms with Crippen LogP contribution in [0.3, 0.4) is 0 Å². The molecule has 0 amide bonds. The monoisotopic (exact) mass is 248 g/mol. The van der Waals surface area contributed by atoms with E-state index in [4.69, 9.17) is 0 Å². The Bertz CT molecular complexity index is 618. The first kappa shape index (κ1) is 12.2. The molecule has 1 aliphatic rings. The summed E-state index contributed by atoms with van der Waals surface area (Å²) in [6.07, 6.45) is 5.71. The lowest BCUT2D eigenvalue weighted by Crippen LogP contribution is -1.95. The van der Waals surface area contributed by atoms with Gasteiger partial charge in [0.05, 0.1) is 0 Å². The van der Waals surface area contributed by atoms with Gasteiger partial charge >= 0.3 is 0 Å². The fourth-order valence-electron chi connectivity index (χ4n) is 2.99. The van der Waals surface area contributed by atoms with Gasteiger partial charge in [0.25, 0.3) is 0 Å². The second-order valence-electron chi connectivity index (χ2n) is 5.24. The van der Waals surface area contributed by atoms with Gasteiger partial charge in [-0.2, -0.15) is 0 Å². The number of fused-ring (bicyclic) bond motifs is 1. The van der Waals surface area contributed by atoms with Crippen molar-refractivity contribution in [3.63, 3.8) is 0 Å². The Morgan fingerprint density at radius 2 is 1.58 bits per heavy atom. The van der Waals surface area contributed by atoms with Crippen molar-refractivity contribution in [1.29, 1.82) is 0 Å². The van der Waals surface area contributed by atoms with Gasteiger partial charge in [0, 0.05) is 0 Å². The number of rotatable bonds is 3. The van der Waals surface area contributed by atoms with E-state index in [1.165, 1.54) is 33.4 Å². The van der Waals surface area contributed by atoms with Gasteiger partial charge in [-0.15, -0.1) is 0 Å². The van der Waals surface area contributed by atoms with Crippen LogP contribution in [0.1, 0.15) is 41.7 Å². The van der Waals surface area contributed by atoms with Crippen molar-refractivity contribution in [3.8, 4) is 0 Å². The predicted octanol–water partition coefficient (Wildman–Crippen LogP) is 4.91. The molecule has 0 unspecified atom stereocenters. The largest absolute Gasteiger partial charge is 0.0622 e. The van der Waals surface area contributed by atoms with Crippen LogP contribution in [0.25, 0.3) is 11.6 Å². The zero-order valence-corrected chi connectivity index (χ0v) is 11.7. The number of hydrogen-bond donors (Lipinski definition) is 0. The first-order valence-electron chi connectivity index (χ1n) is 7.22. The van der Waals surface area contributed by atoms with Crippen molar-refractivity contribution in [2.24, 2.45) is 0 Å². The SMILES string of the molecule is CCc1cc2c(cc1CC)CC(c1ccccc1)=C2. The van der Waals surface area contributed by atoms with Crippen LogP contribution in [-0.2, 0) is 19.3 Å². The molecule has 0 nitrogen and oxygen atoms in total. The highest BCUT2D eigenvalue weighted by Gasteiger charge is 2.15. The van der Waals surface area contributed by atoms with E-state index in [9.17, 15) is 0 Å². The van der Waals surface area contributed by atoms with E-state index in [0.29, 0.717) is 0 Å². The first-order valence-corrected chi connectivity index (χ1v) is 7.22. The molecule has 0 saturated heterocycles. The summed E-state index contributed by atoms with van der Waals surface area (Å²) in [6.45, 7) is 4.50. The van der Waals surface area contributed by atoms with Crippen molar-refractivity contribution in [1.82, 2.24) is 0 Å². The van der Waals surface area contributed by atoms with E-state index < -0.39 is 0 Å². The molecule has 0 fully saturated rings. The molecule has 0 bridgehead atoms. The summed E-state index contributed by atoms with van der Waals surface area (Å²) >= 11 is 0. The van der Waals surface area contributed by atoms with Crippen LogP contribution in [0, 0.1) is 0 Å². The number of allylic oxidation sites excluding steroid dienone is 1. The van der Waals surface area contributed by atoms with E-state index in [-0.39, 0.29) is 0 Å². The Kier molecular flexibility index (Phi) is 3.25. The average molecular weight is 248 g/mol. The summed E-state index contributed by atoms with van der Waals surface area (Å²) in [5, 5.41) is 0. The normalized spacial score (nSPS) is 13.3. The maximum atomic E-state index is 2.42. The molecule has 0 radical (unpaired) electrons. The summed E-state index contributed by atoms with van der Waals surface area (Å²) in [5.41, 5.74) is 8.75. The second-order valence-corrected chi connectivity index (χ2v) is 5.24. The minimum Gasteiger partial charge on any atom is -0.0622 e. The zero-order chi connectivity index (χ0) is 13.2. The molecule has 0 aliphatic heterocycles. The zero-order valence-electron chi connectivity index (χ0n) is 11.7. The lowest BCUT2D eigenvalue weighted by atomic mass is 9.96. The predicted molar refractivity (Wildman–Crippen MR) is 83.2 cm³/mol. The molecule has 0 atom stereocenters. The molecule has 0 N–H and O–H groups in total. The highest BCUT2D eigenvalue weighted by molar-refractivity contribution is 5.88. The van der Waals surface area contributed by atoms with Crippen LogP contribution >= 0.6 is 0 Å². The molecule has 2 aromatic rings. The summed E-state index contributed by atoms with van der Waals surface area (Å²) < 4.78 is 0. The topological polar surface area (TPSA) is 0 Å². The first-order chi connectivity index (χ1) is 9.31. The van der Waals surface area contributed by atoms with Crippen molar-refractivity contribution >= 4 is 11.6 Å². The highest BCUT2D eigenvalue weighted by Crippen LogP contribution is 2.33. The highest BCUT2D eigenvalue weighted by atomic mass is 14.2. The average Bonchev–Trinajstić information content (AvgIpc) is 2.89. The maximum Gasteiger partial charge on any atom is -0.00136 e. The van der Waals surface area contributed by atoms with Gasteiger partial charge in [0.2, 0.25) is 0 Å². The van der Waals surface area contributed by atoms with Crippen LogP contribution in [0.15, 0.2) is 42.5 Å². The Morgan fingerprint density at radius 1 is 0.895 bits per heavy atom. The van der Waals surface area contributed by atoms with Crippen LogP contribution in [0.4, 0.5) is 0 Å². The van der Waals surface area contributed by atoms with E-state index in [1.54, 1.807) is 0 Å². The molecule has 96 valence electrons. The minimum atomic E-state index is 1.08. The van der Waals surface area contributed by atoms with Crippen LogP contribution in [0.5, 0.6) is 0 Å². The molecule has 2 aromatic carbocycles. The molecule has 19 heavy (non-hydrogen) atoms. The van der Waals surface area contributed by atoms with E-state index in [0.717, 1.165) is 19.3 Å². The number of hydrogen-bond acceptors (Lipinski definition) is 0. The Morgan fingerprint density at radius 3 is 2.26 bits per heavy atom. The van der Waals surface area contributed by atoms with Gasteiger partial charge in [-0.25, -0.2) is 0 Å². The Hall–Kier alpha value is -1.82. The van der Waals surface area contributed by atoms with Gasteiger partial charge in [0.1, 0.15) is 0 Å². The van der Waals surface area contributed by atoms with Gasteiger partial charge in [-0.1, -0.05) is 62.4 Å². The van der Waals surface area contributed by atoms with Gasteiger partial charge in [0.15, 0.2) is 0 Å². The third kappa shape index (κ3) is 2.23. The molecule has 1 aliphatic carbocycles. The van der Waals surface area contributed by atoms with Crippen LogP contribution < -0.4 is 0 Å². The third-order valence-electron chi connectivity index (χ3n) is 4.08. The van der Waals surface area contributed by atoms with E-state index in [1.807, 2.05) is 0 Å². The van der Waals surface area contributed by atoms with Crippen molar-refractivity contribution < 1.29 is 0 Å². The van der Waals surface area contributed by atoms with Gasteiger partial charge in [-0.3, -0.25) is 0 Å². The summed E-state index contributed by atoms with van der Waals surface area (Å²) in [6, 6.07) is 15.5. The summed E-state index contributed by atoms with van der Waals surface area (Å²) in [7, 11) is 0. The quantitative estimate of drug-likeness (QED) is 0.724. The molecule has 0 heteroatoms. The van der Waals surface area contributed by atoms with Crippen molar-refractivity contribution in [2.45, 2.75) is 33.1 Å². The van der Waals surface area contributed by atoms with E-state index >= 15 is 0 Å². The van der Waals surface area contributed by atoms with Crippen molar-refractivity contribution in [3.05, 3.63) is 70.3 Å². The smallest absolute Gasteiger partial charge is 0.00136 e. The van der Waals surface area contributed by atoms with Gasteiger partial charge < -0.3 is 0 Å². The minimum absolute atomic E-state index is 1.08. The van der Waals surface area contributed by atoms with Crippen molar-refractivity contribution in [2.75, 3.05) is 0 Å². The third-order valence-corrected chi connectivity index (χ3v) is 4.08. The standard InChI is InChI=1S/C19H20/c1-3-14-10-18-12-17(16-8-6-5-7-9-16)13-19(18)11-15(14)4-2/h5-12H,3-4,13H2,1-2H3. The Balaban J connectivity index is 2.00. The molecule has 3 rings (SSSR count). The lowest BCUT2D eigenvalue weighted by molar-refractivity contribution is 1.03. The molecular formula is C19H20. The summed E-state index contributed by atoms with van der Waals surface area (Å²) in [5.74, 6) is 0. The van der Waals surface area contributed by atoms with Gasteiger partial charge in [-0.05, 0) is 52.7 Å². The van der Waals surface area contributed by atoms with Crippen LogP contribution in [0.2, 0.25) is 0 Å². The fourth-order valence-corrected chi connectivity index (χ4v) is 2.99. The molecule has 0 heterocycles. The Labute approximate surface area is 115 Å². The van der Waals surface area contributed by atoms with E-state index in [2.05, 4.69) is 62.4 Å². The molecular weight excluding hydrogens is 228 g/mol. The lowest BCUT2D eigenvalue weighted by Gasteiger charge is -2.09. The number of benzene rings is 2.